The lowest BCUT2D eigenvalue weighted by molar-refractivity contribution is -0.116. The van der Waals surface area contributed by atoms with E-state index in [0.29, 0.717) is 10.7 Å². The van der Waals surface area contributed by atoms with Gasteiger partial charge in [-0.05, 0) is 48.4 Å². The van der Waals surface area contributed by atoms with Crippen molar-refractivity contribution in [2.24, 2.45) is 0 Å². The first-order valence-corrected chi connectivity index (χ1v) is 10.7. The molecule has 1 amide bonds. The zero-order chi connectivity index (χ0) is 19.5. The lowest BCUT2D eigenvalue weighted by atomic mass is 10.1. The van der Waals surface area contributed by atoms with E-state index in [0.717, 1.165) is 27.9 Å². The molecule has 1 fully saturated rings. The first kappa shape index (κ1) is 18.9. The van der Waals surface area contributed by atoms with E-state index in [1.165, 1.54) is 17.3 Å². The van der Waals surface area contributed by atoms with Crippen molar-refractivity contribution >= 4 is 45.4 Å². The Labute approximate surface area is 176 Å². The van der Waals surface area contributed by atoms with Crippen molar-refractivity contribution in [3.63, 3.8) is 0 Å². The summed E-state index contributed by atoms with van der Waals surface area (Å²) in [6.45, 7) is 2.13. The molecule has 4 rings (SSSR count). The lowest BCUT2D eigenvalue weighted by Crippen LogP contribution is -2.30. The fraction of sp³-hybridized carbons (Fsp3) is 0.136. The molecule has 2 heterocycles. The van der Waals surface area contributed by atoms with Crippen molar-refractivity contribution < 1.29 is 9.21 Å². The van der Waals surface area contributed by atoms with Gasteiger partial charge in [-0.25, -0.2) is 0 Å². The molecule has 0 bridgehead atoms. The highest BCUT2D eigenvalue weighted by atomic mass is 79.9. The highest BCUT2D eigenvalue weighted by molar-refractivity contribution is 9.10. The van der Waals surface area contributed by atoms with Crippen LogP contribution in [-0.4, -0.2) is 11.4 Å². The van der Waals surface area contributed by atoms with Crippen LogP contribution in [0.2, 0.25) is 0 Å². The van der Waals surface area contributed by atoms with E-state index < -0.39 is 0 Å². The SMILES string of the molecule is CCc1ccc(NC2NC(=O)C(=Cc3ccc(-c4ccc(Br)cc4)o3)S2)cc1. The molecule has 6 heteroatoms. The second kappa shape index (κ2) is 8.29. The number of anilines is 1. The van der Waals surface area contributed by atoms with Gasteiger partial charge in [0.25, 0.3) is 5.91 Å². The highest BCUT2D eigenvalue weighted by Crippen LogP contribution is 2.32. The Kier molecular flexibility index (Phi) is 5.59. The molecule has 1 atom stereocenters. The molecule has 0 spiro atoms. The predicted molar refractivity (Wildman–Crippen MR) is 119 cm³/mol. The van der Waals surface area contributed by atoms with Crippen molar-refractivity contribution in [1.29, 1.82) is 0 Å². The Balaban J connectivity index is 1.45. The number of amides is 1. The summed E-state index contributed by atoms with van der Waals surface area (Å²) < 4.78 is 6.91. The number of aryl methyl sites for hydroxylation is 1. The fourth-order valence-electron chi connectivity index (χ4n) is 2.88. The van der Waals surface area contributed by atoms with Crippen LogP contribution in [0.5, 0.6) is 0 Å². The molecule has 1 unspecified atom stereocenters. The van der Waals surface area contributed by atoms with Crippen LogP contribution in [0.25, 0.3) is 17.4 Å². The van der Waals surface area contributed by atoms with Crippen LogP contribution in [0.4, 0.5) is 5.69 Å². The summed E-state index contributed by atoms with van der Waals surface area (Å²) in [4.78, 5) is 12.9. The number of thioether (sulfide) groups is 1. The van der Waals surface area contributed by atoms with E-state index in [1.54, 1.807) is 6.08 Å². The van der Waals surface area contributed by atoms with E-state index in [4.69, 9.17) is 4.42 Å². The van der Waals surface area contributed by atoms with Crippen molar-refractivity contribution in [1.82, 2.24) is 5.32 Å². The van der Waals surface area contributed by atoms with Gasteiger partial charge in [0.1, 0.15) is 11.5 Å². The third-order valence-electron chi connectivity index (χ3n) is 4.42. The van der Waals surface area contributed by atoms with Gasteiger partial charge in [-0.3, -0.25) is 4.79 Å². The summed E-state index contributed by atoms with van der Waals surface area (Å²) in [5, 5.41) is 6.27. The van der Waals surface area contributed by atoms with E-state index in [9.17, 15) is 4.79 Å². The lowest BCUT2D eigenvalue weighted by Gasteiger charge is -2.12. The molecule has 0 aliphatic carbocycles. The Hall–Kier alpha value is -2.44. The number of hydrogen-bond donors (Lipinski definition) is 2. The zero-order valence-electron chi connectivity index (χ0n) is 15.2. The highest BCUT2D eigenvalue weighted by Gasteiger charge is 2.27. The van der Waals surface area contributed by atoms with Gasteiger partial charge in [0.05, 0.1) is 4.91 Å². The molecule has 28 heavy (non-hydrogen) atoms. The maximum absolute atomic E-state index is 12.3. The normalized spacial score (nSPS) is 17.7. The van der Waals surface area contributed by atoms with E-state index in [2.05, 4.69) is 45.6 Å². The average Bonchev–Trinajstić information content (AvgIpc) is 3.30. The Morgan fingerprint density at radius 2 is 1.86 bits per heavy atom. The molecule has 1 aromatic heterocycles. The minimum Gasteiger partial charge on any atom is -0.457 e. The fourth-order valence-corrected chi connectivity index (χ4v) is 4.11. The molecule has 2 N–H and O–H groups in total. The van der Waals surface area contributed by atoms with Gasteiger partial charge in [-0.1, -0.05) is 58.9 Å². The Bertz CT molecular complexity index is 1010. The topological polar surface area (TPSA) is 54.3 Å². The standard InChI is InChI=1S/C22H19BrN2O2S/c1-2-14-3-9-17(10-4-14)24-22-25-21(26)20(28-22)13-18-11-12-19(27-18)15-5-7-16(23)8-6-15/h3-13,22,24H,2H2,1H3,(H,25,26). The quantitative estimate of drug-likeness (QED) is 0.473. The van der Waals surface area contributed by atoms with Gasteiger partial charge in [-0.2, -0.15) is 0 Å². The number of nitrogens with one attached hydrogen (secondary N) is 2. The molecule has 1 aliphatic heterocycles. The minimum atomic E-state index is -0.202. The minimum absolute atomic E-state index is 0.103. The predicted octanol–water partition coefficient (Wildman–Crippen LogP) is 5.87. The van der Waals surface area contributed by atoms with Crippen LogP contribution in [0.1, 0.15) is 18.2 Å². The van der Waals surface area contributed by atoms with E-state index >= 15 is 0 Å². The number of hydrogen-bond acceptors (Lipinski definition) is 4. The van der Waals surface area contributed by atoms with E-state index in [1.807, 2.05) is 48.5 Å². The summed E-state index contributed by atoms with van der Waals surface area (Å²) in [6, 6.07) is 20.0. The molecule has 2 aromatic carbocycles. The van der Waals surface area contributed by atoms with Crippen molar-refractivity contribution in [3.8, 4) is 11.3 Å². The Morgan fingerprint density at radius 1 is 1.11 bits per heavy atom. The van der Waals surface area contributed by atoms with Gasteiger partial charge in [-0.15, -0.1) is 0 Å². The van der Waals surface area contributed by atoms with Crippen LogP contribution >= 0.6 is 27.7 Å². The van der Waals surface area contributed by atoms with Crippen LogP contribution < -0.4 is 10.6 Å². The summed E-state index contributed by atoms with van der Waals surface area (Å²) >= 11 is 4.88. The number of benzene rings is 2. The van der Waals surface area contributed by atoms with Gasteiger partial charge in [0.2, 0.25) is 0 Å². The van der Waals surface area contributed by atoms with E-state index in [-0.39, 0.29) is 11.4 Å². The van der Waals surface area contributed by atoms with Gasteiger partial charge in [0.15, 0.2) is 5.50 Å². The molecule has 3 aromatic rings. The first-order chi connectivity index (χ1) is 13.6. The number of furan rings is 1. The van der Waals surface area contributed by atoms with Crippen molar-refractivity contribution in [2.75, 3.05) is 5.32 Å². The zero-order valence-corrected chi connectivity index (χ0v) is 17.6. The molecule has 1 saturated heterocycles. The molecule has 0 radical (unpaired) electrons. The molecular weight excluding hydrogens is 436 g/mol. The number of carbonyl (C=O) groups excluding carboxylic acids is 1. The van der Waals surface area contributed by atoms with Crippen LogP contribution in [0.3, 0.4) is 0 Å². The number of carbonyl (C=O) groups is 1. The summed E-state index contributed by atoms with van der Waals surface area (Å²) in [5.41, 5.74) is 3.05. The molecule has 142 valence electrons. The molecule has 4 nitrogen and oxygen atoms in total. The van der Waals surface area contributed by atoms with Crippen LogP contribution in [0, 0.1) is 0 Å². The largest absolute Gasteiger partial charge is 0.457 e. The average molecular weight is 455 g/mol. The van der Waals surface area contributed by atoms with Gasteiger partial charge < -0.3 is 15.1 Å². The smallest absolute Gasteiger partial charge is 0.260 e. The summed E-state index contributed by atoms with van der Waals surface area (Å²) in [7, 11) is 0. The first-order valence-electron chi connectivity index (χ1n) is 9.01. The van der Waals surface area contributed by atoms with Crippen LogP contribution in [-0.2, 0) is 11.2 Å². The Morgan fingerprint density at radius 3 is 2.57 bits per heavy atom. The number of rotatable bonds is 5. The second-order valence-electron chi connectivity index (χ2n) is 6.38. The van der Waals surface area contributed by atoms with Crippen molar-refractivity contribution in [2.45, 2.75) is 18.8 Å². The van der Waals surface area contributed by atoms with Crippen LogP contribution in [0.15, 0.2) is 74.5 Å². The molecule has 1 aliphatic rings. The second-order valence-corrected chi connectivity index (χ2v) is 8.45. The van der Waals surface area contributed by atoms with Gasteiger partial charge >= 0.3 is 0 Å². The molecular formula is C22H19BrN2O2S. The maximum atomic E-state index is 12.3. The van der Waals surface area contributed by atoms with Crippen molar-refractivity contribution in [3.05, 3.63) is 81.4 Å². The molecule has 0 saturated carbocycles. The summed E-state index contributed by atoms with van der Waals surface area (Å²) in [6.07, 6.45) is 2.79. The monoisotopic (exact) mass is 454 g/mol. The maximum Gasteiger partial charge on any atom is 0.260 e. The number of halogens is 1. The summed E-state index contributed by atoms with van der Waals surface area (Å²) in [5.74, 6) is 1.33. The third kappa shape index (κ3) is 4.34. The third-order valence-corrected chi connectivity index (χ3v) is 5.98. The van der Waals surface area contributed by atoms with Gasteiger partial charge in [0, 0.05) is 21.8 Å².